The Hall–Kier alpha value is -2.25. The van der Waals surface area contributed by atoms with Crippen molar-refractivity contribution >= 4 is 17.6 Å². The average molecular weight is 304 g/mol. The SMILES string of the molecule is CC(CN(C)c1ccc(C(F)(F)F)cc1C(N)=O)C(=O)O. The maximum Gasteiger partial charge on any atom is 0.416 e. The van der Waals surface area contributed by atoms with E-state index in [0.717, 1.165) is 12.1 Å². The number of aliphatic carboxylic acids is 1. The van der Waals surface area contributed by atoms with Gasteiger partial charge in [-0.1, -0.05) is 6.92 Å². The second kappa shape index (κ2) is 6.02. The standard InChI is InChI=1S/C13H15F3N2O3/c1-7(12(20)21)6-18(2)10-4-3-8(13(14,15)16)5-9(10)11(17)19/h3-5,7H,6H2,1-2H3,(H2,17,19)(H,20,21). The van der Waals surface area contributed by atoms with Crippen molar-refractivity contribution in [2.75, 3.05) is 18.5 Å². The number of hydrogen-bond acceptors (Lipinski definition) is 3. The van der Waals surface area contributed by atoms with Crippen molar-refractivity contribution in [1.82, 2.24) is 0 Å². The molecule has 0 aliphatic heterocycles. The minimum atomic E-state index is -4.59. The lowest BCUT2D eigenvalue weighted by Gasteiger charge is -2.24. The molecule has 0 bridgehead atoms. The third kappa shape index (κ3) is 4.11. The maximum absolute atomic E-state index is 12.6. The van der Waals surface area contributed by atoms with Gasteiger partial charge in [0.1, 0.15) is 0 Å². The predicted molar refractivity (Wildman–Crippen MR) is 70.0 cm³/mol. The molecule has 0 spiro atoms. The van der Waals surface area contributed by atoms with Gasteiger partial charge in [0, 0.05) is 19.3 Å². The molecule has 21 heavy (non-hydrogen) atoms. The van der Waals surface area contributed by atoms with E-state index in [0.29, 0.717) is 6.07 Å². The van der Waals surface area contributed by atoms with Gasteiger partial charge in [-0.15, -0.1) is 0 Å². The first-order valence-electron chi connectivity index (χ1n) is 5.99. The molecule has 5 nitrogen and oxygen atoms in total. The number of hydrogen-bond donors (Lipinski definition) is 2. The molecule has 116 valence electrons. The number of amides is 1. The number of rotatable bonds is 5. The van der Waals surface area contributed by atoms with E-state index in [1.54, 1.807) is 0 Å². The lowest BCUT2D eigenvalue weighted by molar-refractivity contribution is -0.140. The number of carbonyl (C=O) groups excluding carboxylic acids is 1. The Morgan fingerprint density at radius 3 is 2.38 bits per heavy atom. The zero-order valence-electron chi connectivity index (χ0n) is 11.4. The number of alkyl halides is 3. The molecule has 0 saturated carbocycles. The van der Waals surface area contributed by atoms with Crippen LogP contribution in [0.5, 0.6) is 0 Å². The zero-order valence-corrected chi connectivity index (χ0v) is 11.4. The van der Waals surface area contributed by atoms with E-state index >= 15 is 0 Å². The number of carboxylic acid groups (broad SMARTS) is 1. The van der Waals surface area contributed by atoms with Crippen LogP contribution in [0.2, 0.25) is 0 Å². The molecule has 0 saturated heterocycles. The first kappa shape index (κ1) is 16.8. The molecule has 8 heteroatoms. The summed E-state index contributed by atoms with van der Waals surface area (Å²) in [4.78, 5) is 23.5. The summed E-state index contributed by atoms with van der Waals surface area (Å²) in [5.41, 5.74) is 3.97. The zero-order chi connectivity index (χ0) is 16.4. The number of nitrogens with zero attached hydrogens (tertiary/aromatic N) is 1. The third-order valence-corrected chi connectivity index (χ3v) is 2.97. The van der Waals surface area contributed by atoms with Crippen molar-refractivity contribution in [2.45, 2.75) is 13.1 Å². The van der Waals surface area contributed by atoms with Crippen molar-refractivity contribution in [3.63, 3.8) is 0 Å². The summed E-state index contributed by atoms with van der Waals surface area (Å²) in [5.74, 6) is -2.81. The van der Waals surface area contributed by atoms with Crippen LogP contribution in [0, 0.1) is 5.92 Å². The summed E-state index contributed by atoms with van der Waals surface area (Å²) in [6, 6.07) is 2.60. The van der Waals surface area contributed by atoms with E-state index in [9.17, 15) is 22.8 Å². The van der Waals surface area contributed by atoms with Crippen LogP contribution in [0.1, 0.15) is 22.8 Å². The van der Waals surface area contributed by atoms with Gasteiger partial charge in [-0.05, 0) is 18.2 Å². The fourth-order valence-corrected chi connectivity index (χ4v) is 1.83. The van der Waals surface area contributed by atoms with Crippen LogP contribution >= 0.6 is 0 Å². The Morgan fingerprint density at radius 1 is 1.38 bits per heavy atom. The van der Waals surface area contributed by atoms with Crippen LogP contribution in [-0.4, -0.2) is 30.6 Å². The highest BCUT2D eigenvalue weighted by atomic mass is 19.4. The van der Waals surface area contributed by atoms with E-state index in [1.165, 1.54) is 18.9 Å². The third-order valence-electron chi connectivity index (χ3n) is 2.97. The molecule has 1 aromatic carbocycles. The van der Waals surface area contributed by atoms with Crippen LogP contribution < -0.4 is 10.6 Å². The number of primary amides is 1. The van der Waals surface area contributed by atoms with Crippen molar-refractivity contribution in [1.29, 1.82) is 0 Å². The average Bonchev–Trinajstić information content (AvgIpc) is 2.36. The Kier molecular flexibility index (Phi) is 4.82. The summed E-state index contributed by atoms with van der Waals surface area (Å²) in [6.45, 7) is 1.48. The Bertz CT molecular complexity index is 558. The fourth-order valence-electron chi connectivity index (χ4n) is 1.83. The second-order valence-electron chi connectivity index (χ2n) is 4.71. The second-order valence-corrected chi connectivity index (χ2v) is 4.71. The summed E-state index contributed by atoms with van der Waals surface area (Å²) >= 11 is 0. The molecule has 0 aliphatic rings. The van der Waals surface area contributed by atoms with Crippen LogP contribution in [0.4, 0.5) is 18.9 Å². The van der Waals surface area contributed by atoms with Gasteiger partial charge in [0.2, 0.25) is 0 Å². The summed E-state index contributed by atoms with van der Waals surface area (Å²) in [7, 11) is 1.48. The molecular formula is C13H15F3N2O3. The van der Waals surface area contributed by atoms with Crippen LogP contribution in [0.25, 0.3) is 0 Å². The van der Waals surface area contributed by atoms with Gasteiger partial charge in [0.25, 0.3) is 5.91 Å². The van der Waals surface area contributed by atoms with Gasteiger partial charge < -0.3 is 15.7 Å². The Balaban J connectivity index is 3.18. The molecule has 0 aliphatic carbocycles. The van der Waals surface area contributed by atoms with E-state index in [4.69, 9.17) is 10.8 Å². The number of nitrogens with two attached hydrogens (primary N) is 1. The molecule has 1 aromatic rings. The molecular weight excluding hydrogens is 289 g/mol. The predicted octanol–water partition coefficient (Wildman–Crippen LogP) is 1.96. The quantitative estimate of drug-likeness (QED) is 0.871. The van der Waals surface area contributed by atoms with Gasteiger partial charge in [-0.3, -0.25) is 9.59 Å². The van der Waals surface area contributed by atoms with E-state index < -0.39 is 29.5 Å². The molecule has 1 amide bonds. The topological polar surface area (TPSA) is 83.6 Å². The molecule has 3 N–H and O–H groups in total. The number of halogens is 3. The van der Waals surface area contributed by atoms with Gasteiger partial charge in [0.05, 0.1) is 17.0 Å². The first-order valence-corrected chi connectivity index (χ1v) is 5.99. The van der Waals surface area contributed by atoms with Gasteiger partial charge in [-0.2, -0.15) is 13.2 Å². The fraction of sp³-hybridized carbons (Fsp3) is 0.385. The summed E-state index contributed by atoms with van der Waals surface area (Å²) < 4.78 is 37.9. The van der Waals surface area contributed by atoms with E-state index in [1.807, 2.05) is 0 Å². The van der Waals surface area contributed by atoms with Gasteiger partial charge in [-0.25, -0.2) is 0 Å². The Morgan fingerprint density at radius 2 is 1.95 bits per heavy atom. The van der Waals surface area contributed by atoms with Crippen molar-refractivity contribution in [3.8, 4) is 0 Å². The minimum absolute atomic E-state index is 0.0287. The smallest absolute Gasteiger partial charge is 0.416 e. The van der Waals surface area contributed by atoms with Gasteiger partial charge >= 0.3 is 12.1 Å². The van der Waals surface area contributed by atoms with Crippen LogP contribution in [-0.2, 0) is 11.0 Å². The number of benzene rings is 1. The number of anilines is 1. The largest absolute Gasteiger partial charge is 0.481 e. The monoisotopic (exact) mass is 304 g/mol. The minimum Gasteiger partial charge on any atom is -0.481 e. The molecule has 1 atom stereocenters. The van der Waals surface area contributed by atoms with Crippen LogP contribution in [0.15, 0.2) is 18.2 Å². The molecule has 0 aromatic heterocycles. The highest BCUT2D eigenvalue weighted by Crippen LogP contribution is 2.32. The lowest BCUT2D eigenvalue weighted by atomic mass is 10.1. The van der Waals surface area contributed by atoms with E-state index in [-0.39, 0.29) is 17.8 Å². The molecule has 1 unspecified atom stereocenters. The van der Waals surface area contributed by atoms with Crippen molar-refractivity contribution in [2.24, 2.45) is 11.7 Å². The first-order chi connectivity index (χ1) is 9.54. The molecule has 0 heterocycles. The molecule has 1 rings (SSSR count). The van der Waals surface area contributed by atoms with Crippen molar-refractivity contribution in [3.05, 3.63) is 29.3 Å². The maximum atomic E-state index is 12.6. The summed E-state index contributed by atoms with van der Waals surface area (Å²) in [6.07, 6.45) is -4.59. The number of carboxylic acids is 1. The summed E-state index contributed by atoms with van der Waals surface area (Å²) in [5, 5.41) is 8.84. The van der Waals surface area contributed by atoms with E-state index in [2.05, 4.69) is 0 Å². The number of carbonyl (C=O) groups is 2. The molecule has 0 fully saturated rings. The molecule has 0 radical (unpaired) electrons. The van der Waals surface area contributed by atoms with Gasteiger partial charge in [0.15, 0.2) is 0 Å². The normalized spacial score (nSPS) is 12.8. The highest BCUT2D eigenvalue weighted by Gasteiger charge is 2.32. The lowest BCUT2D eigenvalue weighted by Crippen LogP contribution is -2.30. The van der Waals surface area contributed by atoms with Crippen molar-refractivity contribution < 1.29 is 27.9 Å². The highest BCUT2D eigenvalue weighted by molar-refractivity contribution is 5.99. The van der Waals surface area contributed by atoms with Crippen LogP contribution in [0.3, 0.4) is 0 Å². The Labute approximate surface area is 119 Å².